The average Bonchev–Trinajstić information content (AvgIpc) is 2.38. The Kier molecular flexibility index (Phi) is 7.36. The lowest BCUT2D eigenvalue weighted by Crippen LogP contribution is -2.15. The highest BCUT2D eigenvalue weighted by Crippen LogP contribution is 2.17. The predicted molar refractivity (Wildman–Crippen MR) is 72.7 cm³/mol. The largest absolute Gasteiger partial charge is 0.473 e. The molecule has 4 nitrogen and oxygen atoms in total. The maximum Gasteiger partial charge on any atom is 0.250 e. The fourth-order valence-electron chi connectivity index (χ4n) is 1.48. The molecule has 0 aliphatic carbocycles. The van der Waals surface area contributed by atoms with Crippen molar-refractivity contribution in [3.8, 4) is 5.88 Å². The summed E-state index contributed by atoms with van der Waals surface area (Å²) >= 11 is 0. The molecule has 19 heavy (non-hydrogen) atoms. The van der Waals surface area contributed by atoms with Crippen molar-refractivity contribution in [3.05, 3.63) is 23.6 Å². The Morgan fingerprint density at radius 1 is 1.37 bits per heavy atom. The summed E-state index contributed by atoms with van der Waals surface area (Å²) in [4.78, 5) is 3.90. The van der Waals surface area contributed by atoms with E-state index >= 15 is 0 Å². The van der Waals surface area contributed by atoms with Crippen LogP contribution in [0.4, 0.5) is 4.39 Å². The van der Waals surface area contributed by atoms with Crippen molar-refractivity contribution in [3.63, 3.8) is 0 Å². The zero-order valence-electron chi connectivity index (χ0n) is 11.9. The topological polar surface area (TPSA) is 43.4 Å². The smallest absolute Gasteiger partial charge is 0.250 e. The van der Waals surface area contributed by atoms with Gasteiger partial charge in [0.2, 0.25) is 0 Å². The number of pyridine rings is 1. The molecule has 0 saturated heterocycles. The lowest BCUT2D eigenvalue weighted by molar-refractivity contribution is 0.0793. The van der Waals surface area contributed by atoms with Gasteiger partial charge in [0.1, 0.15) is 6.61 Å². The minimum absolute atomic E-state index is 0.0450. The van der Waals surface area contributed by atoms with Crippen molar-refractivity contribution in [1.29, 1.82) is 0 Å². The molecular formula is C14H23FN2O2. The van der Waals surface area contributed by atoms with Gasteiger partial charge in [-0.25, -0.2) is 9.37 Å². The lowest BCUT2D eigenvalue weighted by Gasteiger charge is -2.10. The number of halogens is 1. The minimum atomic E-state index is -0.396. The Morgan fingerprint density at radius 2 is 2.16 bits per heavy atom. The van der Waals surface area contributed by atoms with Crippen molar-refractivity contribution < 1.29 is 13.9 Å². The monoisotopic (exact) mass is 270 g/mol. The highest BCUT2D eigenvalue weighted by atomic mass is 19.1. The fraction of sp³-hybridized carbons (Fsp3) is 0.643. The van der Waals surface area contributed by atoms with Gasteiger partial charge in [-0.05, 0) is 18.5 Å². The highest BCUT2D eigenvalue weighted by Gasteiger charge is 2.10. The van der Waals surface area contributed by atoms with E-state index < -0.39 is 5.82 Å². The van der Waals surface area contributed by atoms with E-state index in [1.165, 1.54) is 0 Å². The maximum atomic E-state index is 14.0. The van der Waals surface area contributed by atoms with E-state index in [2.05, 4.69) is 24.1 Å². The SMILES string of the molecule is CCNCc1ccnc(OCCOCC(C)C)c1F. The Hall–Kier alpha value is -1.20. The van der Waals surface area contributed by atoms with Gasteiger partial charge in [0.05, 0.1) is 6.61 Å². The molecule has 5 heteroatoms. The Balaban J connectivity index is 2.40. The molecule has 1 aromatic heterocycles. The zero-order valence-corrected chi connectivity index (χ0v) is 11.9. The third-order valence-corrected chi connectivity index (χ3v) is 2.42. The summed E-state index contributed by atoms with van der Waals surface area (Å²) in [5, 5.41) is 3.07. The van der Waals surface area contributed by atoms with E-state index in [0.717, 1.165) is 6.54 Å². The number of rotatable bonds is 9. The van der Waals surface area contributed by atoms with Crippen LogP contribution in [0.3, 0.4) is 0 Å². The van der Waals surface area contributed by atoms with Crippen LogP contribution in [0.2, 0.25) is 0 Å². The van der Waals surface area contributed by atoms with Crippen molar-refractivity contribution in [2.75, 3.05) is 26.4 Å². The van der Waals surface area contributed by atoms with E-state index in [9.17, 15) is 4.39 Å². The molecule has 108 valence electrons. The highest BCUT2D eigenvalue weighted by molar-refractivity contribution is 5.23. The molecule has 0 aromatic carbocycles. The van der Waals surface area contributed by atoms with Gasteiger partial charge in [0.15, 0.2) is 5.82 Å². The van der Waals surface area contributed by atoms with Gasteiger partial charge in [-0.3, -0.25) is 0 Å². The molecule has 1 N–H and O–H groups in total. The van der Waals surface area contributed by atoms with Gasteiger partial charge in [-0.2, -0.15) is 0 Å². The number of hydrogen-bond acceptors (Lipinski definition) is 4. The second-order valence-corrected chi connectivity index (χ2v) is 4.69. The minimum Gasteiger partial charge on any atom is -0.473 e. The van der Waals surface area contributed by atoms with E-state index in [4.69, 9.17) is 9.47 Å². The second-order valence-electron chi connectivity index (χ2n) is 4.69. The first kappa shape index (κ1) is 15.9. The van der Waals surface area contributed by atoms with Crippen LogP contribution in [0.5, 0.6) is 5.88 Å². The normalized spacial score (nSPS) is 11.0. The van der Waals surface area contributed by atoms with E-state index in [1.54, 1.807) is 12.3 Å². The number of ether oxygens (including phenoxy) is 2. The molecule has 1 heterocycles. The first-order chi connectivity index (χ1) is 9.15. The summed E-state index contributed by atoms with van der Waals surface area (Å²) in [6, 6.07) is 1.65. The molecule has 1 rings (SSSR count). The van der Waals surface area contributed by atoms with Crippen LogP contribution >= 0.6 is 0 Å². The van der Waals surface area contributed by atoms with Crippen LogP contribution in [0, 0.1) is 11.7 Å². The lowest BCUT2D eigenvalue weighted by atomic mass is 10.2. The average molecular weight is 270 g/mol. The number of nitrogens with zero attached hydrogens (tertiary/aromatic N) is 1. The van der Waals surface area contributed by atoms with Gasteiger partial charge in [-0.1, -0.05) is 20.8 Å². The standard InChI is InChI=1S/C14H23FN2O2/c1-4-16-9-12-5-6-17-14(13(12)15)19-8-7-18-10-11(2)3/h5-6,11,16H,4,7-10H2,1-3H3. The molecule has 0 fully saturated rings. The summed E-state index contributed by atoms with van der Waals surface area (Å²) in [6.07, 6.45) is 1.56. The summed E-state index contributed by atoms with van der Waals surface area (Å²) < 4.78 is 24.6. The summed E-state index contributed by atoms with van der Waals surface area (Å²) in [5.74, 6) is 0.133. The van der Waals surface area contributed by atoms with Gasteiger partial charge in [0, 0.05) is 24.9 Å². The van der Waals surface area contributed by atoms with E-state index in [1.807, 2.05) is 6.92 Å². The van der Waals surface area contributed by atoms with Gasteiger partial charge >= 0.3 is 0 Å². The van der Waals surface area contributed by atoms with Crippen LogP contribution in [0.25, 0.3) is 0 Å². The molecule has 0 aliphatic heterocycles. The third-order valence-electron chi connectivity index (χ3n) is 2.42. The number of hydrogen-bond donors (Lipinski definition) is 1. The molecular weight excluding hydrogens is 247 g/mol. The van der Waals surface area contributed by atoms with Crippen LogP contribution < -0.4 is 10.1 Å². The molecule has 0 unspecified atom stereocenters. The Bertz CT molecular complexity index is 372. The van der Waals surface area contributed by atoms with Gasteiger partial charge in [0.25, 0.3) is 5.88 Å². The van der Waals surface area contributed by atoms with Crippen molar-refractivity contribution in [1.82, 2.24) is 10.3 Å². The first-order valence-electron chi connectivity index (χ1n) is 6.69. The van der Waals surface area contributed by atoms with Crippen molar-refractivity contribution in [2.24, 2.45) is 5.92 Å². The summed E-state index contributed by atoms with van der Waals surface area (Å²) in [6.45, 7) is 8.82. The van der Waals surface area contributed by atoms with Crippen LogP contribution in [-0.2, 0) is 11.3 Å². The molecule has 0 saturated carbocycles. The first-order valence-corrected chi connectivity index (χ1v) is 6.69. The predicted octanol–water partition coefficient (Wildman–Crippen LogP) is 2.38. The number of aromatic nitrogens is 1. The van der Waals surface area contributed by atoms with Crippen molar-refractivity contribution >= 4 is 0 Å². The molecule has 0 bridgehead atoms. The summed E-state index contributed by atoms with van der Waals surface area (Å²) in [5.41, 5.74) is 0.565. The molecule has 0 aliphatic rings. The molecule has 0 amide bonds. The number of nitrogens with one attached hydrogen (secondary N) is 1. The Morgan fingerprint density at radius 3 is 2.84 bits per heavy atom. The molecule has 0 atom stereocenters. The van der Waals surface area contributed by atoms with Crippen LogP contribution in [0.15, 0.2) is 12.3 Å². The zero-order chi connectivity index (χ0) is 14.1. The molecule has 0 radical (unpaired) electrons. The van der Waals surface area contributed by atoms with Gasteiger partial charge < -0.3 is 14.8 Å². The van der Waals surface area contributed by atoms with Crippen LogP contribution in [0.1, 0.15) is 26.3 Å². The van der Waals surface area contributed by atoms with E-state index in [-0.39, 0.29) is 5.88 Å². The van der Waals surface area contributed by atoms with Gasteiger partial charge in [-0.15, -0.1) is 0 Å². The quantitative estimate of drug-likeness (QED) is 0.700. The second kappa shape index (κ2) is 8.82. The fourth-order valence-corrected chi connectivity index (χ4v) is 1.48. The van der Waals surface area contributed by atoms with E-state index in [0.29, 0.717) is 37.8 Å². The molecule has 0 spiro atoms. The molecule has 1 aromatic rings. The Labute approximate surface area is 114 Å². The third kappa shape index (κ3) is 5.98. The maximum absolute atomic E-state index is 14.0. The summed E-state index contributed by atoms with van der Waals surface area (Å²) in [7, 11) is 0. The van der Waals surface area contributed by atoms with Crippen molar-refractivity contribution in [2.45, 2.75) is 27.3 Å². The van der Waals surface area contributed by atoms with Crippen LogP contribution in [-0.4, -0.2) is 31.3 Å².